The van der Waals surface area contributed by atoms with Crippen LogP contribution in [0.15, 0.2) is 24.3 Å². The third-order valence-corrected chi connectivity index (χ3v) is 5.30. The molecule has 1 saturated heterocycles. The van der Waals surface area contributed by atoms with Crippen molar-refractivity contribution >= 4 is 23.5 Å². The summed E-state index contributed by atoms with van der Waals surface area (Å²) in [7, 11) is 0. The van der Waals surface area contributed by atoms with Gasteiger partial charge in [-0.15, -0.1) is 0 Å². The zero-order valence-electron chi connectivity index (χ0n) is 18.1. The van der Waals surface area contributed by atoms with Gasteiger partial charge in [0.05, 0.1) is 18.8 Å². The van der Waals surface area contributed by atoms with E-state index in [0.717, 1.165) is 5.56 Å². The molecule has 0 aliphatic carbocycles. The van der Waals surface area contributed by atoms with Crippen LogP contribution in [0.2, 0.25) is 5.02 Å². The van der Waals surface area contributed by atoms with Crippen molar-refractivity contribution in [2.75, 3.05) is 13.1 Å². The number of likely N-dealkylation sites (tertiary alicyclic amines) is 1. The average molecular weight is 463 g/mol. The SMILES string of the molecule is CC(C)(C)OC(=O)C[C@@H](CC(F)(F)F)C(=O)N1CCC[C@@](N)(Cc2ccc(Cl)cc2)C1. The molecule has 174 valence electrons. The lowest BCUT2D eigenvalue weighted by atomic mass is 9.83. The van der Waals surface area contributed by atoms with Gasteiger partial charge in [0, 0.05) is 23.7 Å². The first-order valence-corrected chi connectivity index (χ1v) is 10.6. The van der Waals surface area contributed by atoms with E-state index >= 15 is 0 Å². The minimum atomic E-state index is -4.58. The molecule has 1 aliphatic rings. The van der Waals surface area contributed by atoms with Gasteiger partial charge in [-0.05, 0) is 57.7 Å². The fourth-order valence-corrected chi connectivity index (χ4v) is 4.00. The Balaban J connectivity index is 2.12. The van der Waals surface area contributed by atoms with Crippen LogP contribution in [0.5, 0.6) is 0 Å². The van der Waals surface area contributed by atoms with E-state index in [1.807, 2.05) is 12.1 Å². The van der Waals surface area contributed by atoms with E-state index < -0.39 is 48.0 Å². The van der Waals surface area contributed by atoms with E-state index in [2.05, 4.69) is 0 Å². The molecule has 0 radical (unpaired) electrons. The molecule has 31 heavy (non-hydrogen) atoms. The zero-order chi connectivity index (χ0) is 23.4. The van der Waals surface area contributed by atoms with Gasteiger partial charge in [0.15, 0.2) is 0 Å². The van der Waals surface area contributed by atoms with Crippen molar-refractivity contribution in [3.8, 4) is 0 Å². The molecule has 1 amide bonds. The molecule has 9 heteroatoms. The van der Waals surface area contributed by atoms with Crippen molar-refractivity contribution in [3.05, 3.63) is 34.9 Å². The summed E-state index contributed by atoms with van der Waals surface area (Å²) in [4.78, 5) is 26.5. The monoisotopic (exact) mass is 462 g/mol. The third-order valence-electron chi connectivity index (χ3n) is 5.05. The molecule has 2 rings (SSSR count). The number of alkyl halides is 3. The molecular formula is C22H30ClF3N2O3. The van der Waals surface area contributed by atoms with E-state index in [0.29, 0.717) is 30.8 Å². The van der Waals surface area contributed by atoms with Crippen molar-refractivity contribution in [3.63, 3.8) is 0 Å². The highest BCUT2D eigenvalue weighted by Crippen LogP contribution is 2.31. The summed E-state index contributed by atoms with van der Waals surface area (Å²) >= 11 is 5.91. The summed E-state index contributed by atoms with van der Waals surface area (Å²) in [6.07, 6.45) is -4.92. The van der Waals surface area contributed by atoms with E-state index in [1.165, 1.54) is 4.90 Å². The summed E-state index contributed by atoms with van der Waals surface area (Å²) in [5, 5.41) is 0.590. The molecule has 2 N–H and O–H groups in total. The first kappa shape index (κ1) is 25.5. The average Bonchev–Trinajstić information content (AvgIpc) is 2.59. The first-order chi connectivity index (χ1) is 14.2. The van der Waals surface area contributed by atoms with Gasteiger partial charge in [0.25, 0.3) is 0 Å². The smallest absolute Gasteiger partial charge is 0.389 e. The molecule has 1 fully saturated rings. The van der Waals surface area contributed by atoms with Crippen molar-refractivity contribution in [1.29, 1.82) is 0 Å². The number of piperidine rings is 1. The maximum Gasteiger partial charge on any atom is 0.389 e. The standard InChI is InChI=1S/C22H30ClF3N2O3/c1-20(2,3)31-18(29)11-16(13-22(24,25)26)19(30)28-10-4-9-21(27,14-28)12-15-5-7-17(23)8-6-15/h5-8,16H,4,9-14,27H2,1-3H3/t16-,21+/m0/s1. The first-order valence-electron chi connectivity index (χ1n) is 10.3. The topological polar surface area (TPSA) is 72.6 Å². The van der Waals surface area contributed by atoms with Gasteiger partial charge in [0.1, 0.15) is 5.60 Å². The van der Waals surface area contributed by atoms with Gasteiger partial charge in [-0.25, -0.2) is 0 Å². The van der Waals surface area contributed by atoms with Crippen LogP contribution < -0.4 is 5.73 Å². The van der Waals surface area contributed by atoms with Crippen LogP contribution in [0.4, 0.5) is 13.2 Å². The Morgan fingerprint density at radius 1 is 1.23 bits per heavy atom. The number of hydrogen-bond donors (Lipinski definition) is 1. The number of hydrogen-bond acceptors (Lipinski definition) is 4. The van der Waals surface area contributed by atoms with Crippen molar-refractivity contribution < 1.29 is 27.5 Å². The van der Waals surface area contributed by atoms with Crippen molar-refractivity contribution in [2.45, 2.75) is 70.2 Å². The number of halogens is 4. The number of nitrogens with two attached hydrogens (primary N) is 1. The van der Waals surface area contributed by atoms with Crippen LogP contribution in [-0.2, 0) is 20.7 Å². The molecule has 0 unspecified atom stereocenters. The molecular weight excluding hydrogens is 433 g/mol. The Hall–Kier alpha value is -1.80. The lowest BCUT2D eigenvalue weighted by Gasteiger charge is -2.41. The van der Waals surface area contributed by atoms with Crippen molar-refractivity contribution in [2.24, 2.45) is 11.7 Å². The second-order valence-electron chi connectivity index (χ2n) is 9.34. The van der Waals surface area contributed by atoms with Gasteiger partial charge >= 0.3 is 12.1 Å². The van der Waals surface area contributed by atoms with E-state index in [-0.39, 0.29) is 6.54 Å². The van der Waals surface area contributed by atoms with E-state index in [9.17, 15) is 22.8 Å². The molecule has 2 atom stereocenters. The molecule has 0 saturated carbocycles. The van der Waals surface area contributed by atoms with Crippen LogP contribution in [0.25, 0.3) is 0 Å². The van der Waals surface area contributed by atoms with Crippen LogP contribution in [0.1, 0.15) is 52.0 Å². The van der Waals surface area contributed by atoms with E-state index in [4.69, 9.17) is 22.1 Å². The summed E-state index contributed by atoms with van der Waals surface area (Å²) in [5.74, 6) is -3.08. The zero-order valence-corrected chi connectivity index (χ0v) is 18.9. The number of carbonyl (C=O) groups is 2. The fraction of sp³-hybridized carbons (Fsp3) is 0.636. The maximum absolute atomic E-state index is 13.1. The second kappa shape index (κ2) is 9.77. The minimum Gasteiger partial charge on any atom is -0.460 e. The molecule has 1 aromatic rings. The van der Waals surface area contributed by atoms with E-state index in [1.54, 1.807) is 32.9 Å². The fourth-order valence-electron chi connectivity index (χ4n) is 3.87. The Kier molecular flexibility index (Phi) is 8.03. The molecule has 1 heterocycles. The molecule has 0 aromatic heterocycles. The summed E-state index contributed by atoms with van der Waals surface area (Å²) < 4.78 is 44.5. The number of esters is 1. The molecule has 0 bridgehead atoms. The predicted octanol–water partition coefficient (Wildman–Crippen LogP) is 4.50. The predicted molar refractivity (Wildman–Crippen MR) is 113 cm³/mol. The quantitative estimate of drug-likeness (QED) is 0.631. The van der Waals surface area contributed by atoms with Gasteiger partial charge in [-0.2, -0.15) is 13.2 Å². The Bertz CT molecular complexity index is 778. The van der Waals surface area contributed by atoms with Gasteiger partial charge in [0.2, 0.25) is 5.91 Å². The highest BCUT2D eigenvalue weighted by molar-refractivity contribution is 6.30. The highest BCUT2D eigenvalue weighted by Gasteiger charge is 2.41. The molecule has 1 aliphatic heterocycles. The normalized spacial score (nSPS) is 21.0. The number of rotatable bonds is 6. The third kappa shape index (κ3) is 8.69. The Morgan fingerprint density at radius 2 is 1.84 bits per heavy atom. The molecule has 0 spiro atoms. The van der Waals surface area contributed by atoms with Crippen LogP contribution >= 0.6 is 11.6 Å². The second-order valence-corrected chi connectivity index (χ2v) is 9.77. The van der Waals surface area contributed by atoms with Gasteiger partial charge in [-0.3, -0.25) is 9.59 Å². The Morgan fingerprint density at radius 3 is 2.39 bits per heavy atom. The number of nitrogens with zero attached hydrogens (tertiary/aromatic N) is 1. The van der Waals surface area contributed by atoms with Gasteiger partial charge in [-0.1, -0.05) is 23.7 Å². The number of amides is 1. The summed E-state index contributed by atoms with van der Waals surface area (Å²) in [6.45, 7) is 5.29. The minimum absolute atomic E-state index is 0.122. The van der Waals surface area contributed by atoms with Crippen LogP contribution in [0.3, 0.4) is 0 Å². The maximum atomic E-state index is 13.1. The van der Waals surface area contributed by atoms with Crippen LogP contribution in [-0.4, -0.2) is 47.2 Å². The number of carbonyl (C=O) groups excluding carboxylic acids is 2. The Labute approximate surface area is 186 Å². The molecule has 5 nitrogen and oxygen atoms in total. The van der Waals surface area contributed by atoms with Crippen LogP contribution in [0, 0.1) is 5.92 Å². The summed E-state index contributed by atoms with van der Waals surface area (Å²) in [6, 6.07) is 7.16. The molecule has 1 aromatic carbocycles. The lowest BCUT2D eigenvalue weighted by molar-refractivity contribution is -0.169. The van der Waals surface area contributed by atoms with Gasteiger partial charge < -0.3 is 15.4 Å². The van der Waals surface area contributed by atoms with Crippen molar-refractivity contribution in [1.82, 2.24) is 4.90 Å². The highest BCUT2D eigenvalue weighted by atomic mass is 35.5. The largest absolute Gasteiger partial charge is 0.460 e. The summed E-state index contributed by atoms with van der Waals surface area (Å²) in [5.41, 5.74) is 5.85. The number of ether oxygens (including phenoxy) is 1. The number of benzene rings is 1. The lowest BCUT2D eigenvalue weighted by Crippen LogP contribution is -2.58.